The van der Waals surface area contributed by atoms with Crippen molar-refractivity contribution in [3.8, 4) is 0 Å². The molecule has 2 fully saturated rings. The van der Waals surface area contributed by atoms with Gasteiger partial charge in [-0.15, -0.1) is 0 Å². The molecule has 8 heteroatoms. The first-order valence-corrected chi connectivity index (χ1v) is 14.3. The lowest BCUT2D eigenvalue weighted by Gasteiger charge is -2.34. The quantitative estimate of drug-likeness (QED) is 0.400. The van der Waals surface area contributed by atoms with E-state index >= 15 is 0 Å². The topological polar surface area (TPSA) is 96.6 Å². The zero-order chi connectivity index (χ0) is 28.4. The number of aliphatic hydroxyl groups is 2. The summed E-state index contributed by atoms with van der Waals surface area (Å²) in [5.74, 6) is -0.0349. The number of benzene rings is 1. The summed E-state index contributed by atoms with van der Waals surface area (Å²) in [6.07, 6.45) is 5.69. The SMILES string of the molecule is Cn1c(C2(C(O)O)CC2C(C)(C)C)c(C2=CCC3OCCNC3=C2Cl)c2ccc(Cc3ccncc3)cc2c1=O. The monoisotopic (exact) mass is 561 g/mol. The van der Waals surface area contributed by atoms with Gasteiger partial charge in [0.1, 0.15) is 6.10 Å². The molecule has 1 aromatic carbocycles. The van der Waals surface area contributed by atoms with Gasteiger partial charge >= 0.3 is 0 Å². The third kappa shape index (κ3) is 4.31. The van der Waals surface area contributed by atoms with Gasteiger partial charge in [0.2, 0.25) is 0 Å². The van der Waals surface area contributed by atoms with Gasteiger partial charge in [-0.25, -0.2) is 0 Å². The van der Waals surface area contributed by atoms with Gasteiger partial charge in [-0.1, -0.05) is 50.6 Å². The van der Waals surface area contributed by atoms with Crippen molar-refractivity contribution in [3.05, 3.63) is 92.3 Å². The van der Waals surface area contributed by atoms with E-state index in [2.05, 4.69) is 37.1 Å². The van der Waals surface area contributed by atoms with Crippen molar-refractivity contribution < 1.29 is 14.9 Å². The van der Waals surface area contributed by atoms with E-state index in [1.54, 1.807) is 24.0 Å². The number of nitrogens with zero attached hydrogens (tertiary/aromatic N) is 2. The van der Waals surface area contributed by atoms with Crippen LogP contribution in [0, 0.1) is 11.3 Å². The molecule has 0 amide bonds. The Hall–Kier alpha value is -2.97. The number of fused-ring (bicyclic) bond motifs is 2. The van der Waals surface area contributed by atoms with Crippen molar-refractivity contribution in [3.63, 3.8) is 0 Å². The summed E-state index contributed by atoms with van der Waals surface area (Å²) in [6.45, 7) is 7.60. The van der Waals surface area contributed by atoms with Crippen LogP contribution in [0.4, 0.5) is 0 Å². The lowest BCUT2D eigenvalue weighted by atomic mass is 9.79. The van der Waals surface area contributed by atoms with E-state index in [0.717, 1.165) is 33.3 Å². The molecule has 2 aromatic heterocycles. The normalized spacial score (nSPS) is 24.6. The molecular formula is C32H36ClN3O4. The van der Waals surface area contributed by atoms with E-state index in [1.165, 1.54) is 0 Å². The maximum atomic E-state index is 14.0. The van der Waals surface area contributed by atoms with E-state index in [4.69, 9.17) is 16.3 Å². The van der Waals surface area contributed by atoms with Crippen molar-refractivity contribution in [2.75, 3.05) is 13.2 Å². The third-order valence-electron chi connectivity index (χ3n) is 8.91. The summed E-state index contributed by atoms with van der Waals surface area (Å²) >= 11 is 7.12. The van der Waals surface area contributed by atoms with Gasteiger partial charge in [0, 0.05) is 48.2 Å². The lowest BCUT2D eigenvalue weighted by Crippen LogP contribution is -2.39. The number of hydrogen-bond acceptors (Lipinski definition) is 6. The Kier molecular flexibility index (Phi) is 6.69. The first kappa shape index (κ1) is 27.2. The number of halogens is 1. The van der Waals surface area contributed by atoms with E-state index in [-0.39, 0.29) is 23.0 Å². The molecule has 3 aliphatic rings. The highest BCUT2D eigenvalue weighted by Gasteiger charge is 2.66. The highest BCUT2D eigenvalue weighted by molar-refractivity contribution is 6.38. The van der Waals surface area contributed by atoms with Crippen LogP contribution in [0.2, 0.25) is 0 Å². The molecule has 210 valence electrons. The Morgan fingerprint density at radius 2 is 1.93 bits per heavy atom. The molecule has 1 saturated heterocycles. The molecule has 3 aromatic rings. The van der Waals surface area contributed by atoms with Gasteiger partial charge in [-0.2, -0.15) is 0 Å². The number of rotatable bonds is 5. The Balaban J connectivity index is 1.62. The van der Waals surface area contributed by atoms with E-state index in [0.29, 0.717) is 48.5 Å². The van der Waals surface area contributed by atoms with Crippen LogP contribution in [-0.2, 0) is 23.6 Å². The number of aromatic nitrogens is 2. The van der Waals surface area contributed by atoms with Crippen LogP contribution in [0.3, 0.4) is 0 Å². The fourth-order valence-corrected chi connectivity index (χ4v) is 7.28. The number of ether oxygens (including phenoxy) is 1. The van der Waals surface area contributed by atoms with Crippen LogP contribution in [0.1, 0.15) is 56.0 Å². The maximum Gasteiger partial charge on any atom is 0.258 e. The van der Waals surface area contributed by atoms with Crippen LogP contribution in [0.15, 0.2) is 64.3 Å². The van der Waals surface area contributed by atoms with Crippen LogP contribution in [0.5, 0.6) is 0 Å². The molecule has 1 aliphatic heterocycles. The van der Waals surface area contributed by atoms with E-state index in [1.807, 2.05) is 30.3 Å². The maximum absolute atomic E-state index is 14.0. The summed E-state index contributed by atoms with van der Waals surface area (Å²) in [6, 6.07) is 9.93. The first-order valence-electron chi connectivity index (χ1n) is 13.9. The summed E-state index contributed by atoms with van der Waals surface area (Å²) in [5.41, 5.74) is 3.80. The highest BCUT2D eigenvalue weighted by atomic mass is 35.5. The summed E-state index contributed by atoms with van der Waals surface area (Å²) in [5, 5.41) is 27.2. The van der Waals surface area contributed by atoms with Crippen LogP contribution in [-0.4, -0.2) is 45.3 Å². The fraction of sp³-hybridized carbons (Fsp3) is 0.438. The van der Waals surface area contributed by atoms with E-state index < -0.39 is 11.7 Å². The minimum Gasteiger partial charge on any atom is -0.383 e. The van der Waals surface area contributed by atoms with Crippen molar-refractivity contribution >= 4 is 27.9 Å². The molecule has 3 heterocycles. The van der Waals surface area contributed by atoms with Gasteiger partial charge in [-0.05, 0) is 65.3 Å². The van der Waals surface area contributed by atoms with E-state index in [9.17, 15) is 15.0 Å². The number of nitrogens with one attached hydrogen (secondary N) is 1. The molecule has 40 heavy (non-hydrogen) atoms. The van der Waals surface area contributed by atoms with Gasteiger partial charge in [0.05, 0.1) is 22.8 Å². The second-order valence-corrected chi connectivity index (χ2v) is 12.8. The number of aliphatic hydroxyl groups excluding tert-OH is 1. The fourth-order valence-electron chi connectivity index (χ4n) is 6.92. The number of allylic oxidation sites excluding steroid dienone is 2. The Labute approximate surface area is 239 Å². The molecule has 1 saturated carbocycles. The number of hydrogen-bond donors (Lipinski definition) is 3. The smallest absolute Gasteiger partial charge is 0.258 e. The summed E-state index contributed by atoms with van der Waals surface area (Å²) in [4.78, 5) is 18.2. The zero-order valence-corrected chi connectivity index (χ0v) is 24.1. The van der Waals surface area contributed by atoms with Gasteiger partial charge in [0.15, 0.2) is 6.29 Å². The molecule has 3 N–H and O–H groups in total. The molecule has 3 atom stereocenters. The predicted molar refractivity (Wildman–Crippen MR) is 157 cm³/mol. The summed E-state index contributed by atoms with van der Waals surface area (Å²) < 4.78 is 7.59. The van der Waals surface area contributed by atoms with Crippen LogP contribution in [0.25, 0.3) is 16.3 Å². The van der Waals surface area contributed by atoms with Crippen molar-refractivity contribution in [1.29, 1.82) is 0 Å². The molecule has 6 rings (SSSR count). The van der Waals surface area contributed by atoms with Crippen LogP contribution >= 0.6 is 11.6 Å². The molecule has 0 radical (unpaired) electrons. The molecule has 3 unspecified atom stereocenters. The predicted octanol–water partition coefficient (Wildman–Crippen LogP) is 4.36. The lowest BCUT2D eigenvalue weighted by molar-refractivity contribution is -0.0799. The molecule has 0 spiro atoms. The number of morpholine rings is 1. The average molecular weight is 562 g/mol. The van der Waals surface area contributed by atoms with Gasteiger partial charge < -0.3 is 24.8 Å². The first-order chi connectivity index (χ1) is 19.0. The minimum absolute atomic E-state index is 0.0349. The Morgan fingerprint density at radius 3 is 2.60 bits per heavy atom. The third-order valence-corrected chi connectivity index (χ3v) is 9.31. The van der Waals surface area contributed by atoms with Crippen molar-refractivity contribution in [2.45, 2.75) is 57.8 Å². The Bertz CT molecular complexity index is 1600. The largest absolute Gasteiger partial charge is 0.383 e. The molecule has 0 bridgehead atoms. The molecule has 7 nitrogen and oxygen atoms in total. The van der Waals surface area contributed by atoms with Gasteiger partial charge in [-0.3, -0.25) is 9.78 Å². The van der Waals surface area contributed by atoms with Crippen molar-refractivity contribution in [2.24, 2.45) is 18.4 Å². The second-order valence-electron chi connectivity index (χ2n) is 12.4. The second kappa shape index (κ2) is 9.84. The summed E-state index contributed by atoms with van der Waals surface area (Å²) in [7, 11) is 1.74. The van der Waals surface area contributed by atoms with Crippen LogP contribution < -0.4 is 10.9 Å². The number of pyridine rings is 2. The van der Waals surface area contributed by atoms with Gasteiger partial charge in [0.25, 0.3) is 5.56 Å². The Morgan fingerprint density at radius 1 is 1.18 bits per heavy atom. The highest BCUT2D eigenvalue weighted by Crippen LogP contribution is 2.64. The zero-order valence-electron chi connectivity index (χ0n) is 23.4. The van der Waals surface area contributed by atoms with Crippen molar-refractivity contribution in [1.82, 2.24) is 14.9 Å². The standard InChI is InChI=1S/C32H36ClN3O4/c1-31(2,3)24-17-32(24,30(38)39)28-25(21-7-8-23-27(26(21)33)35-13-14-40-23)20-6-5-19(15-18-9-11-34-12-10-18)16-22(20)29(37)36(28)4/h5-7,9-12,16,23-24,30,35,38-39H,8,13-15,17H2,1-4H3. The molecular weight excluding hydrogens is 526 g/mol. The minimum atomic E-state index is -1.64. The molecule has 2 aliphatic carbocycles. The average Bonchev–Trinajstić information content (AvgIpc) is 3.70.